The minimum Gasteiger partial charge on any atom is -0.281 e. The topological polar surface area (TPSA) is 22.0 Å². The molecule has 1 aliphatic heterocycles. The van der Waals surface area contributed by atoms with Crippen LogP contribution in [0.1, 0.15) is 34.9 Å². The van der Waals surface area contributed by atoms with Crippen LogP contribution in [0.15, 0.2) is 18.2 Å². The molecule has 0 radical (unpaired) electrons. The van der Waals surface area contributed by atoms with E-state index in [1.54, 1.807) is 6.08 Å². The van der Waals surface area contributed by atoms with Gasteiger partial charge in [-0.1, -0.05) is 0 Å². The van der Waals surface area contributed by atoms with Gasteiger partial charge in [0, 0.05) is 17.5 Å². The second-order valence-electron chi connectivity index (χ2n) is 3.46. The van der Waals surface area contributed by atoms with Crippen molar-refractivity contribution in [2.24, 2.45) is 0 Å². The molecule has 0 aromatic carbocycles. The lowest BCUT2D eigenvalue weighted by atomic mass is 10.3. The Kier molecular flexibility index (Phi) is 0.980. The number of carbonyl (C=O) groups excluding carboxylic acids is 1. The summed E-state index contributed by atoms with van der Waals surface area (Å²) in [5.74, 6) is 0.777. The van der Waals surface area contributed by atoms with E-state index in [2.05, 4.69) is 6.07 Å². The normalized spacial score (nSPS) is 20.2. The van der Waals surface area contributed by atoms with Gasteiger partial charge in [-0.15, -0.1) is 0 Å². The summed E-state index contributed by atoms with van der Waals surface area (Å²) in [6, 6.07) is 4.10. The third kappa shape index (κ3) is 0.670. The fraction of sp³-hybridized carbons (Fsp3) is 0.300. The second kappa shape index (κ2) is 1.89. The number of fused-ring (bicyclic) bond motifs is 1. The average Bonchev–Trinajstić information content (AvgIpc) is 2.71. The summed E-state index contributed by atoms with van der Waals surface area (Å²) < 4.78 is 1.83. The molecule has 0 spiro atoms. The molecule has 0 amide bonds. The molecule has 2 heteroatoms. The minimum absolute atomic E-state index is 0.122. The molecule has 3 rings (SSSR count). The van der Waals surface area contributed by atoms with Crippen LogP contribution in [0.25, 0.3) is 6.08 Å². The van der Waals surface area contributed by atoms with Crippen LogP contribution in [-0.4, -0.2) is 10.5 Å². The Morgan fingerprint density at radius 2 is 2.08 bits per heavy atom. The van der Waals surface area contributed by atoms with Crippen molar-refractivity contribution in [1.82, 2.24) is 4.57 Å². The van der Waals surface area contributed by atoms with Gasteiger partial charge in [0.25, 0.3) is 5.91 Å². The van der Waals surface area contributed by atoms with Gasteiger partial charge in [-0.3, -0.25) is 9.36 Å². The first-order chi connectivity index (χ1) is 5.86. The molecule has 0 unspecified atom stereocenters. The standard InChI is InChI=1S/C10H9NO/c12-10-6-4-8-3-5-9(11(8)10)7-1-2-7/h3-7H,1-2H2. The van der Waals surface area contributed by atoms with E-state index in [-0.39, 0.29) is 5.91 Å². The first-order valence-corrected chi connectivity index (χ1v) is 4.30. The van der Waals surface area contributed by atoms with Crippen molar-refractivity contribution in [2.45, 2.75) is 18.8 Å². The summed E-state index contributed by atoms with van der Waals surface area (Å²) in [6.45, 7) is 0. The molecule has 0 N–H and O–H groups in total. The molecular formula is C10H9NO. The molecule has 1 aromatic rings. The van der Waals surface area contributed by atoms with Gasteiger partial charge in [0.2, 0.25) is 0 Å². The maximum absolute atomic E-state index is 11.4. The van der Waals surface area contributed by atoms with Crippen molar-refractivity contribution in [3.8, 4) is 0 Å². The lowest BCUT2D eigenvalue weighted by molar-refractivity contribution is 0.0971. The number of allylic oxidation sites excluding steroid dienone is 1. The van der Waals surface area contributed by atoms with Crippen molar-refractivity contribution in [3.63, 3.8) is 0 Å². The quantitative estimate of drug-likeness (QED) is 0.614. The summed E-state index contributed by atoms with van der Waals surface area (Å²) in [7, 11) is 0. The van der Waals surface area contributed by atoms with Crippen LogP contribution < -0.4 is 0 Å². The van der Waals surface area contributed by atoms with E-state index in [0.29, 0.717) is 5.92 Å². The van der Waals surface area contributed by atoms with E-state index in [1.807, 2.05) is 16.7 Å². The molecule has 0 saturated heterocycles. The molecule has 1 fully saturated rings. The first kappa shape index (κ1) is 6.23. The predicted octanol–water partition coefficient (Wildman–Crippen LogP) is 2.03. The lowest BCUT2D eigenvalue weighted by Gasteiger charge is -2.01. The van der Waals surface area contributed by atoms with Crippen LogP contribution in [0, 0.1) is 0 Å². The van der Waals surface area contributed by atoms with E-state index in [0.717, 1.165) is 5.69 Å². The Morgan fingerprint density at radius 1 is 1.25 bits per heavy atom. The van der Waals surface area contributed by atoms with E-state index < -0.39 is 0 Å². The van der Waals surface area contributed by atoms with Gasteiger partial charge in [0.05, 0.1) is 0 Å². The van der Waals surface area contributed by atoms with Crippen molar-refractivity contribution in [3.05, 3.63) is 29.6 Å². The maximum atomic E-state index is 11.4. The SMILES string of the molecule is O=C1C=Cc2ccc(C3CC3)n21. The molecule has 12 heavy (non-hydrogen) atoms. The third-order valence-electron chi connectivity index (χ3n) is 2.55. The summed E-state index contributed by atoms with van der Waals surface area (Å²) >= 11 is 0. The van der Waals surface area contributed by atoms with Gasteiger partial charge in [0.1, 0.15) is 0 Å². The maximum Gasteiger partial charge on any atom is 0.255 e. The van der Waals surface area contributed by atoms with Crippen LogP contribution in [0.5, 0.6) is 0 Å². The van der Waals surface area contributed by atoms with Crippen LogP contribution in [0.4, 0.5) is 0 Å². The monoisotopic (exact) mass is 159 g/mol. The van der Waals surface area contributed by atoms with E-state index in [1.165, 1.54) is 18.5 Å². The number of nitrogens with zero attached hydrogens (tertiary/aromatic N) is 1. The Hall–Kier alpha value is -1.31. The van der Waals surface area contributed by atoms with Gasteiger partial charge in [-0.05, 0) is 37.0 Å². The van der Waals surface area contributed by atoms with Crippen molar-refractivity contribution >= 4 is 12.0 Å². The Bertz CT molecular complexity index is 383. The summed E-state index contributed by atoms with van der Waals surface area (Å²) in [6.07, 6.45) is 6.02. The van der Waals surface area contributed by atoms with Gasteiger partial charge < -0.3 is 0 Å². The smallest absolute Gasteiger partial charge is 0.255 e. The second-order valence-corrected chi connectivity index (χ2v) is 3.46. The van der Waals surface area contributed by atoms with Gasteiger partial charge in [-0.2, -0.15) is 0 Å². The van der Waals surface area contributed by atoms with Crippen molar-refractivity contribution in [1.29, 1.82) is 0 Å². The highest BCUT2D eigenvalue weighted by molar-refractivity contribution is 6.00. The van der Waals surface area contributed by atoms with Gasteiger partial charge in [-0.25, -0.2) is 0 Å². The molecule has 1 aromatic heterocycles. The third-order valence-corrected chi connectivity index (χ3v) is 2.55. The molecule has 2 heterocycles. The molecule has 0 bridgehead atoms. The van der Waals surface area contributed by atoms with Crippen molar-refractivity contribution in [2.75, 3.05) is 0 Å². The Labute approximate surface area is 70.5 Å². The number of hydrogen-bond donors (Lipinski definition) is 0. The molecule has 1 aliphatic carbocycles. The van der Waals surface area contributed by atoms with E-state index in [4.69, 9.17) is 0 Å². The zero-order chi connectivity index (χ0) is 8.13. The highest BCUT2D eigenvalue weighted by Crippen LogP contribution is 2.41. The Morgan fingerprint density at radius 3 is 2.83 bits per heavy atom. The Balaban J connectivity index is 2.19. The fourth-order valence-electron chi connectivity index (χ4n) is 1.78. The molecule has 2 aliphatic rings. The minimum atomic E-state index is 0.122. The van der Waals surface area contributed by atoms with Gasteiger partial charge in [0.15, 0.2) is 0 Å². The van der Waals surface area contributed by atoms with E-state index >= 15 is 0 Å². The summed E-state index contributed by atoms with van der Waals surface area (Å²) in [5, 5.41) is 0. The number of carbonyl (C=O) groups is 1. The van der Waals surface area contributed by atoms with Crippen LogP contribution >= 0.6 is 0 Å². The number of rotatable bonds is 1. The van der Waals surface area contributed by atoms with Gasteiger partial charge >= 0.3 is 0 Å². The predicted molar refractivity (Wildman–Crippen MR) is 46.1 cm³/mol. The highest BCUT2D eigenvalue weighted by Gasteiger charge is 2.29. The molecule has 2 nitrogen and oxygen atoms in total. The zero-order valence-corrected chi connectivity index (χ0v) is 6.66. The molecule has 60 valence electrons. The zero-order valence-electron chi connectivity index (χ0n) is 6.66. The van der Waals surface area contributed by atoms with Crippen LogP contribution in [0.3, 0.4) is 0 Å². The average molecular weight is 159 g/mol. The van der Waals surface area contributed by atoms with Crippen LogP contribution in [-0.2, 0) is 0 Å². The largest absolute Gasteiger partial charge is 0.281 e. The summed E-state index contributed by atoms with van der Waals surface area (Å²) in [4.78, 5) is 11.4. The fourth-order valence-corrected chi connectivity index (χ4v) is 1.78. The number of aromatic nitrogens is 1. The lowest BCUT2D eigenvalue weighted by Crippen LogP contribution is -2.07. The molecule has 1 saturated carbocycles. The van der Waals surface area contributed by atoms with Crippen LogP contribution in [0.2, 0.25) is 0 Å². The highest BCUT2D eigenvalue weighted by atomic mass is 16.2. The number of hydrogen-bond acceptors (Lipinski definition) is 1. The summed E-state index contributed by atoms with van der Waals surface area (Å²) in [5.41, 5.74) is 2.25. The first-order valence-electron chi connectivity index (χ1n) is 4.30. The van der Waals surface area contributed by atoms with E-state index in [9.17, 15) is 4.79 Å². The molecular weight excluding hydrogens is 150 g/mol. The molecule has 0 atom stereocenters. The van der Waals surface area contributed by atoms with Crippen molar-refractivity contribution < 1.29 is 4.79 Å².